The van der Waals surface area contributed by atoms with Gasteiger partial charge in [-0.3, -0.25) is 9.36 Å². The van der Waals surface area contributed by atoms with Gasteiger partial charge in [0.1, 0.15) is 5.52 Å². The van der Waals surface area contributed by atoms with Crippen molar-refractivity contribution in [2.24, 2.45) is 0 Å². The van der Waals surface area contributed by atoms with E-state index in [9.17, 15) is 4.79 Å². The van der Waals surface area contributed by atoms with Crippen LogP contribution in [0.25, 0.3) is 27.6 Å². The molecular weight excluding hydrogens is 370 g/mol. The number of nitrogens with zero attached hydrogens (tertiary/aromatic N) is 5. The van der Waals surface area contributed by atoms with Crippen molar-refractivity contribution in [2.75, 3.05) is 0 Å². The van der Waals surface area contributed by atoms with E-state index in [1.165, 1.54) is 16.4 Å². The van der Waals surface area contributed by atoms with Crippen molar-refractivity contribution in [3.63, 3.8) is 0 Å². The van der Waals surface area contributed by atoms with Crippen molar-refractivity contribution < 1.29 is 0 Å². The zero-order chi connectivity index (χ0) is 18.9. The second-order valence-corrected chi connectivity index (χ2v) is 7.15. The van der Waals surface area contributed by atoms with Crippen molar-refractivity contribution in [3.8, 4) is 5.69 Å². The van der Waals surface area contributed by atoms with Gasteiger partial charge in [0, 0.05) is 5.69 Å². The number of benzene rings is 3. The average molecular weight is 385 g/mol. The van der Waals surface area contributed by atoms with Crippen molar-refractivity contribution in [1.29, 1.82) is 0 Å². The molecule has 5 aromatic rings. The van der Waals surface area contributed by atoms with E-state index in [1.807, 2.05) is 66.7 Å². The van der Waals surface area contributed by atoms with Gasteiger partial charge < -0.3 is 0 Å². The van der Waals surface area contributed by atoms with E-state index in [0.717, 1.165) is 21.9 Å². The van der Waals surface area contributed by atoms with Crippen LogP contribution in [0.4, 0.5) is 0 Å². The van der Waals surface area contributed by atoms with E-state index in [2.05, 4.69) is 14.9 Å². The minimum absolute atomic E-state index is 0.152. The Morgan fingerprint density at radius 2 is 1.54 bits per heavy atom. The molecule has 0 aliphatic rings. The summed E-state index contributed by atoms with van der Waals surface area (Å²) in [7, 11) is 0. The minimum atomic E-state index is -0.152. The molecule has 6 nitrogen and oxygen atoms in total. The summed E-state index contributed by atoms with van der Waals surface area (Å²) in [6, 6.07) is 25.3. The molecule has 0 aliphatic carbocycles. The first-order chi connectivity index (χ1) is 13.8. The lowest BCUT2D eigenvalue weighted by Gasteiger charge is -2.09. The van der Waals surface area contributed by atoms with Gasteiger partial charge in [-0.15, -0.1) is 5.10 Å². The third kappa shape index (κ3) is 2.86. The maximum Gasteiger partial charge on any atom is 0.278 e. The molecule has 5 rings (SSSR count). The van der Waals surface area contributed by atoms with Crippen LogP contribution < -0.4 is 5.56 Å². The van der Waals surface area contributed by atoms with E-state index >= 15 is 0 Å². The fourth-order valence-electron chi connectivity index (χ4n) is 3.15. The highest BCUT2D eigenvalue weighted by molar-refractivity contribution is 7.98. The van der Waals surface area contributed by atoms with Crippen LogP contribution in [0.5, 0.6) is 0 Å². The molecule has 3 aromatic carbocycles. The second kappa shape index (κ2) is 6.94. The summed E-state index contributed by atoms with van der Waals surface area (Å²) in [5.74, 6) is 0.326. The molecule has 0 radical (unpaired) electrons. The normalized spacial score (nSPS) is 11.3. The highest BCUT2D eigenvalue weighted by Gasteiger charge is 2.14. The largest absolute Gasteiger partial charge is 0.287 e. The third-order valence-corrected chi connectivity index (χ3v) is 5.40. The SMILES string of the molecule is O=c1c2ccccc2nnn1CSc1nc2ccccc2n1-c1ccccc1. The topological polar surface area (TPSA) is 65.6 Å². The average Bonchev–Trinajstić information content (AvgIpc) is 3.12. The molecule has 2 heterocycles. The molecule has 28 heavy (non-hydrogen) atoms. The summed E-state index contributed by atoms with van der Waals surface area (Å²) in [6.45, 7) is 0. The number of hydrogen-bond donors (Lipinski definition) is 0. The summed E-state index contributed by atoms with van der Waals surface area (Å²) < 4.78 is 3.47. The summed E-state index contributed by atoms with van der Waals surface area (Å²) in [4.78, 5) is 17.5. The van der Waals surface area contributed by atoms with Gasteiger partial charge in [-0.1, -0.05) is 59.4 Å². The summed E-state index contributed by atoms with van der Waals surface area (Å²) in [5, 5.41) is 9.59. The van der Waals surface area contributed by atoms with Gasteiger partial charge in [0.15, 0.2) is 5.16 Å². The van der Waals surface area contributed by atoms with Gasteiger partial charge in [-0.25, -0.2) is 4.98 Å². The molecule has 2 aromatic heterocycles. The first kappa shape index (κ1) is 16.7. The van der Waals surface area contributed by atoms with Gasteiger partial charge in [0.05, 0.1) is 22.3 Å². The first-order valence-electron chi connectivity index (χ1n) is 8.79. The molecule has 0 aliphatic heterocycles. The predicted molar refractivity (Wildman–Crippen MR) is 111 cm³/mol. The zero-order valence-electron chi connectivity index (χ0n) is 14.8. The number of para-hydroxylation sites is 3. The van der Waals surface area contributed by atoms with Crippen LogP contribution in [0.3, 0.4) is 0 Å². The molecule has 7 heteroatoms. The fourth-order valence-corrected chi connectivity index (χ4v) is 4.06. The molecule has 0 saturated carbocycles. The molecule has 0 N–H and O–H groups in total. The molecule has 0 spiro atoms. The first-order valence-corrected chi connectivity index (χ1v) is 9.78. The van der Waals surface area contributed by atoms with Crippen LogP contribution >= 0.6 is 11.8 Å². The highest BCUT2D eigenvalue weighted by Crippen LogP contribution is 2.28. The number of thioether (sulfide) groups is 1. The smallest absolute Gasteiger partial charge is 0.278 e. The quantitative estimate of drug-likeness (QED) is 0.439. The summed E-state index contributed by atoms with van der Waals surface area (Å²) >= 11 is 1.46. The third-order valence-electron chi connectivity index (χ3n) is 4.49. The number of fused-ring (bicyclic) bond motifs is 2. The van der Waals surface area contributed by atoms with Gasteiger partial charge in [0.25, 0.3) is 5.56 Å². The molecule has 0 fully saturated rings. The van der Waals surface area contributed by atoms with Crippen LogP contribution in [-0.4, -0.2) is 24.5 Å². The molecule has 0 unspecified atom stereocenters. The standard InChI is InChI=1S/C21H15N5OS/c27-20-16-10-4-5-11-17(16)23-24-25(20)14-28-21-22-18-12-6-7-13-19(18)26(21)15-8-2-1-3-9-15/h1-13H,14H2. The monoisotopic (exact) mass is 385 g/mol. The van der Waals surface area contributed by atoms with Crippen LogP contribution in [0.15, 0.2) is 88.8 Å². The molecule has 0 amide bonds. The number of aromatic nitrogens is 5. The Kier molecular flexibility index (Phi) is 4.14. The van der Waals surface area contributed by atoms with Gasteiger partial charge >= 0.3 is 0 Å². The Hall–Kier alpha value is -3.45. The van der Waals surface area contributed by atoms with Crippen LogP contribution in [-0.2, 0) is 5.88 Å². The maximum atomic E-state index is 12.7. The Labute approximate surface area is 164 Å². The Morgan fingerprint density at radius 1 is 0.821 bits per heavy atom. The molecule has 136 valence electrons. The highest BCUT2D eigenvalue weighted by atomic mass is 32.2. The zero-order valence-corrected chi connectivity index (χ0v) is 15.6. The van der Waals surface area contributed by atoms with E-state index in [-0.39, 0.29) is 5.56 Å². The van der Waals surface area contributed by atoms with Crippen LogP contribution in [0.2, 0.25) is 0 Å². The minimum Gasteiger partial charge on any atom is -0.287 e. The second-order valence-electron chi connectivity index (χ2n) is 6.24. The Morgan fingerprint density at radius 3 is 2.39 bits per heavy atom. The van der Waals surface area contributed by atoms with Crippen molar-refractivity contribution in [1.82, 2.24) is 24.5 Å². The van der Waals surface area contributed by atoms with Crippen LogP contribution in [0, 0.1) is 0 Å². The van der Waals surface area contributed by atoms with E-state index in [0.29, 0.717) is 16.8 Å². The van der Waals surface area contributed by atoms with Gasteiger partial charge in [-0.2, -0.15) is 4.68 Å². The molecular formula is C21H15N5OS. The van der Waals surface area contributed by atoms with Crippen molar-refractivity contribution in [3.05, 3.63) is 89.2 Å². The summed E-state index contributed by atoms with van der Waals surface area (Å²) in [5.41, 5.74) is 3.40. The van der Waals surface area contributed by atoms with Gasteiger partial charge in [-0.05, 0) is 36.4 Å². The lowest BCUT2D eigenvalue weighted by molar-refractivity contribution is 0.643. The lowest BCUT2D eigenvalue weighted by atomic mass is 10.2. The van der Waals surface area contributed by atoms with E-state index in [4.69, 9.17) is 4.98 Å². The molecule has 0 saturated heterocycles. The number of hydrogen-bond acceptors (Lipinski definition) is 5. The fraction of sp³-hybridized carbons (Fsp3) is 0.0476. The lowest BCUT2D eigenvalue weighted by Crippen LogP contribution is -2.23. The van der Waals surface area contributed by atoms with E-state index in [1.54, 1.807) is 12.1 Å². The number of imidazole rings is 1. The van der Waals surface area contributed by atoms with Crippen molar-refractivity contribution >= 4 is 33.7 Å². The predicted octanol–water partition coefficient (Wildman–Crippen LogP) is 3.88. The Bertz CT molecular complexity index is 1340. The Balaban J connectivity index is 1.56. The van der Waals surface area contributed by atoms with Crippen LogP contribution in [0.1, 0.15) is 0 Å². The van der Waals surface area contributed by atoms with Gasteiger partial charge in [0.2, 0.25) is 0 Å². The number of rotatable bonds is 4. The maximum absolute atomic E-state index is 12.7. The molecule has 0 atom stereocenters. The molecule has 0 bridgehead atoms. The summed E-state index contributed by atoms with van der Waals surface area (Å²) in [6.07, 6.45) is 0. The van der Waals surface area contributed by atoms with Crippen molar-refractivity contribution in [2.45, 2.75) is 11.0 Å². The van der Waals surface area contributed by atoms with E-state index < -0.39 is 0 Å².